The van der Waals surface area contributed by atoms with E-state index in [9.17, 15) is 4.79 Å². The van der Waals surface area contributed by atoms with Gasteiger partial charge in [0.15, 0.2) is 0 Å². The predicted octanol–water partition coefficient (Wildman–Crippen LogP) is 1.94. The lowest BCUT2D eigenvalue weighted by Gasteiger charge is -2.24. The average molecular weight is 306 g/mol. The van der Waals surface area contributed by atoms with Gasteiger partial charge in [0.1, 0.15) is 18.1 Å². The van der Waals surface area contributed by atoms with Gasteiger partial charge in [0, 0.05) is 13.2 Å². The number of ether oxygens (including phenoxy) is 1. The van der Waals surface area contributed by atoms with Crippen molar-refractivity contribution in [2.24, 2.45) is 13.0 Å². The monoisotopic (exact) mass is 305 g/mol. The van der Waals surface area contributed by atoms with E-state index in [4.69, 9.17) is 16.3 Å². The van der Waals surface area contributed by atoms with Gasteiger partial charge in [-0.05, 0) is 18.1 Å². The molecule has 1 amide bonds. The van der Waals surface area contributed by atoms with Crippen LogP contribution in [0, 0.1) is 5.92 Å². The summed E-state index contributed by atoms with van der Waals surface area (Å²) in [6.07, 6.45) is 2.40. The molecule has 0 spiro atoms. The van der Waals surface area contributed by atoms with E-state index in [0.29, 0.717) is 30.3 Å². The summed E-state index contributed by atoms with van der Waals surface area (Å²) in [7, 11) is 1.79. The first-order valence-electron chi connectivity index (χ1n) is 6.80. The molecule has 1 unspecified atom stereocenters. The molecule has 0 aliphatic carbocycles. The smallest absolute Gasteiger partial charge is 0.227 e. The minimum atomic E-state index is -0.178. The second kappa shape index (κ2) is 5.77. The van der Waals surface area contributed by atoms with Crippen LogP contribution in [0.4, 0.5) is 0 Å². The van der Waals surface area contributed by atoms with Crippen LogP contribution in [0.1, 0.15) is 11.3 Å². The van der Waals surface area contributed by atoms with Crippen molar-refractivity contribution < 1.29 is 9.53 Å². The molecule has 0 radical (unpaired) electrons. The zero-order valence-electron chi connectivity index (χ0n) is 11.7. The molecule has 1 aliphatic heterocycles. The Kier molecular flexibility index (Phi) is 3.84. The number of amides is 1. The van der Waals surface area contributed by atoms with Crippen molar-refractivity contribution in [1.82, 2.24) is 15.1 Å². The Labute approximate surface area is 127 Å². The standard InChI is InChI=1S/C15H16ClN3O2/c1-19-8-12(16)13(18-19)7-17-15(20)11-6-10-4-2-3-5-14(10)21-9-11/h2-5,8,11H,6-7,9H2,1H3,(H,17,20). The molecular weight excluding hydrogens is 290 g/mol. The molecule has 0 bridgehead atoms. The van der Waals surface area contributed by atoms with Gasteiger partial charge in [0.25, 0.3) is 0 Å². The number of aryl methyl sites for hydroxylation is 1. The van der Waals surface area contributed by atoms with Crippen LogP contribution in [0.25, 0.3) is 0 Å². The third-order valence-electron chi connectivity index (χ3n) is 3.53. The highest BCUT2D eigenvalue weighted by Crippen LogP contribution is 2.26. The first kappa shape index (κ1) is 13.9. The van der Waals surface area contributed by atoms with Crippen LogP contribution in [0.3, 0.4) is 0 Å². The molecule has 3 rings (SSSR count). The third-order valence-corrected chi connectivity index (χ3v) is 3.85. The van der Waals surface area contributed by atoms with Crippen LogP contribution < -0.4 is 10.1 Å². The third kappa shape index (κ3) is 3.03. The Bertz CT molecular complexity index is 669. The van der Waals surface area contributed by atoms with Crippen LogP contribution in [0.2, 0.25) is 5.02 Å². The first-order valence-corrected chi connectivity index (χ1v) is 7.17. The highest BCUT2D eigenvalue weighted by atomic mass is 35.5. The molecular formula is C15H16ClN3O2. The Morgan fingerprint density at radius 3 is 3.10 bits per heavy atom. The van der Waals surface area contributed by atoms with Crippen LogP contribution in [0.5, 0.6) is 5.75 Å². The van der Waals surface area contributed by atoms with Crippen LogP contribution >= 0.6 is 11.6 Å². The molecule has 1 atom stereocenters. The zero-order chi connectivity index (χ0) is 14.8. The molecule has 6 heteroatoms. The molecule has 1 aromatic carbocycles. The Hall–Kier alpha value is -2.01. The van der Waals surface area contributed by atoms with E-state index in [0.717, 1.165) is 11.3 Å². The fraction of sp³-hybridized carbons (Fsp3) is 0.333. The van der Waals surface area contributed by atoms with Crippen LogP contribution in [0.15, 0.2) is 30.5 Å². The summed E-state index contributed by atoms with van der Waals surface area (Å²) in [5.41, 5.74) is 1.74. The van der Waals surface area contributed by atoms with Gasteiger partial charge < -0.3 is 10.1 Å². The van der Waals surface area contributed by atoms with Crippen molar-refractivity contribution in [2.45, 2.75) is 13.0 Å². The van der Waals surface area contributed by atoms with E-state index in [2.05, 4.69) is 10.4 Å². The van der Waals surface area contributed by atoms with Gasteiger partial charge >= 0.3 is 0 Å². The topological polar surface area (TPSA) is 56.2 Å². The number of nitrogens with one attached hydrogen (secondary N) is 1. The largest absolute Gasteiger partial charge is 0.492 e. The average Bonchev–Trinajstić information content (AvgIpc) is 2.82. The number of hydrogen-bond acceptors (Lipinski definition) is 3. The Morgan fingerprint density at radius 1 is 1.52 bits per heavy atom. The molecule has 1 aromatic heterocycles. The van der Waals surface area contributed by atoms with E-state index < -0.39 is 0 Å². The molecule has 0 saturated carbocycles. The SMILES string of the molecule is Cn1cc(Cl)c(CNC(=O)C2COc3ccccc3C2)n1. The van der Waals surface area contributed by atoms with E-state index in [1.807, 2.05) is 24.3 Å². The minimum Gasteiger partial charge on any atom is -0.492 e. The number of carbonyl (C=O) groups is 1. The Balaban J connectivity index is 1.61. The van der Waals surface area contributed by atoms with E-state index in [-0.39, 0.29) is 11.8 Å². The number of rotatable bonds is 3. The summed E-state index contributed by atoms with van der Waals surface area (Å²) in [4.78, 5) is 12.2. The van der Waals surface area contributed by atoms with Crippen molar-refractivity contribution in [3.8, 4) is 5.75 Å². The van der Waals surface area contributed by atoms with E-state index >= 15 is 0 Å². The summed E-state index contributed by atoms with van der Waals surface area (Å²) in [6, 6.07) is 7.81. The van der Waals surface area contributed by atoms with Gasteiger partial charge in [-0.3, -0.25) is 9.48 Å². The highest BCUT2D eigenvalue weighted by Gasteiger charge is 2.25. The zero-order valence-corrected chi connectivity index (χ0v) is 12.4. The maximum Gasteiger partial charge on any atom is 0.227 e. The molecule has 1 aliphatic rings. The van der Waals surface area contributed by atoms with Gasteiger partial charge in [-0.2, -0.15) is 5.10 Å². The number of aromatic nitrogens is 2. The molecule has 0 saturated heterocycles. The second-order valence-corrected chi connectivity index (χ2v) is 5.54. The fourth-order valence-corrected chi connectivity index (χ4v) is 2.68. The lowest BCUT2D eigenvalue weighted by atomic mass is 9.96. The van der Waals surface area contributed by atoms with Gasteiger partial charge in [-0.15, -0.1) is 0 Å². The van der Waals surface area contributed by atoms with Crippen molar-refractivity contribution in [2.75, 3.05) is 6.61 Å². The van der Waals surface area contributed by atoms with Gasteiger partial charge in [-0.1, -0.05) is 29.8 Å². The maximum atomic E-state index is 12.2. The number of halogens is 1. The molecule has 2 heterocycles. The number of fused-ring (bicyclic) bond motifs is 1. The van der Waals surface area contributed by atoms with Crippen LogP contribution in [-0.4, -0.2) is 22.3 Å². The van der Waals surface area contributed by atoms with Crippen molar-refractivity contribution in [3.05, 3.63) is 46.7 Å². The van der Waals surface area contributed by atoms with Crippen LogP contribution in [-0.2, 0) is 24.8 Å². The van der Waals surface area contributed by atoms with E-state index in [1.54, 1.807) is 17.9 Å². The van der Waals surface area contributed by atoms with E-state index in [1.165, 1.54) is 0 Å². The molecule has 1 N–H and O–H groups in total. The van der Waals surface area contributed by atoms with Gasteiger partial charge in [-0.25, -0.2) is 0 Å². The summed E-state index contributed by atoms with van der Waals surface area (Å²) in [6.45, 7) is 0.732. The van der Waals surface area contributed by atoms with Crippen molar-refractivity contribution in [3.63, 3.8) is 0 Å². The highest BCUT2D eigenvalue weighted by molar-refractivity contribution is 6.31. The first-order chi connectivity index (χ1) is 10.1. The molecule has 21 heavy (non-hydrogen) atoms. The fourth-order valence-electron chi connectivity index (χ4n) is 2.44. The van der Waals surface area contributed by atoms with Gasteiger partial charge in [0.2, 0.25) is 5.91 Å². The number of benzene rings is 1. The summed E-state index contributed by atoms with van der Waals surface area (Å²) in [5, 5.41) is 7.63. The quantitative estimate of drug-likeness (QED) is 0.943. The number of para-hydroxylation sites is 1. The summed E-state index contributed by atoms with van der Waals surface area (Å²) >= 11 is 6.02. The molecule has 5 nitrogen and oxygen atoms in total. The maximum absolute atomic E-state index is 12.2. The normalized spacial score (nSPS) is 17.0. The Morgan fingerprint density at radius 2 is 2.33 bits per heavy atom. The minimum absolute atomic E-state index is 0.0359. The molecule has 2 aromatic rings. The number of carbonyl (C=O) groups excluding carboxylic acids is 1. The summed E-state index contributed by atoms with van der Waals surface area (Å²) in [5.74, 6) is 0.655. The predicted molar refractivity (Wildman–Crippen MR) is 79.2 cm³/mol. The molecule has 0 fully saturated rings. The lowest BCUT2D eigenvalue weighted by molar-refractivity contribution is -0.126. The second-order valence-electron chi connectivity index (χ2n) is 5.13. The van der Waals surface area contributed by atoms with Crippen molar-refractivity contribution >= 4 is 17.5 Å². The summed E-state index contributed by atoms with van der Waals surface area (Å²) < 4.78 is 7.26. The van der Waals surface area contributed by atoms with Gasteiger partial charge in [0.05, 0.1) is 17.5 Å². The lowest BCUT2D eigenvalue weighted by Crippen LogP contribution is -2.37. The molecule has 110 valence electrons. The number of nitrogens with zero attached hydrogens (tertiary/aromatic N) is 2. The van der Waals surface area contributed by atoms with Crippen molar-refractivity contribution in [1.29, 1.82) is 0 Å². The number of hydrogen-bond donors (Lipinski definition) is 1.